The van der Waals surface area contributed by atoms with Crippen molar-refractivity contribution in [1.29, 1.82) is 0 Å². The zero-order valence-electron chi connectivity index (χ0n) is 13.0. The van der Waals surface area contributed by atoms with Gasteiger partial charge in [-0.2, -0.15) is 0 Å². The Labute approximate surface area is 143 Å². The minimum absolute atomic E-state index is 0.0279. The van der Waals surface area contributed by atoms with E-state index in [4.69, 9.17) is 4.74 Å². The maximum atomic E-state index is 12.4. The van der Waals surface area contributed by atoms with Gasteiger partial charge in [0.1, 0.15) is 11.4 Å². The summed E-state index contributed by atoms with van der Waals surface area (Å²) in [5, 5.41) is 0. The standard InChI is InChI=1S/C16H20IN3O2/c1-16(2,3)22-15(21)20-8-4-5-13(20)14-18-11-7-6-10(17)9-12(11)19-14/h6-7,9,13H,4-5,8H2,1-3H3,(H,18,19)/t13-/m0/s1. The predicted octanol–water partition coefficient (Wildman–Crippen LogP) is 4.24. The fourth-order valence-corrected chi connectivity index (χ4v) is 3.24. The first-order valence-electron chi connectivity index (χ1n) is 7.48. The number of nitrogens with zero attached hydrogens (tertiary/aromatic N) is 2. The highest BCUT2D eigenvalue weighted by atomic mass is 127. The first kappa shape index (κ1) is 15.6. The first-order chi connectivity index (χ1) is 10.3. The highest BCUT2D eigenvalue weighted by Crippen LogP contribution is 2.32. The Morgan fingerprint density at radius 3 is 2.95 bits per heavy atom. The topological polar surface area (TPSA) is 58.2 Å². The van der Waals surface area contributed by atoms with Crippen molar-refractivity contribution >= 4 is 39.7 Å². The van der Waals surface area contributed by atoms with E-state index < -0.39 is 5.60 Å². The van der Waals surface area contributed by atoms with Crippen LogP contribution in [0, 0.1) is 3.57 Å². The number of carbonyl (C=O) groups is 1. The third-order valence-electron chi connectivity index (χ3n) is 3.66. The summed E-state index contributed by atoms with van der Waals surface area (Å²) in [7, 11) is 0. The maximum absolute atomic E-state index is 12.4. The molecule has 1 N–H and O–H groups in total. The summed E-state index contributed by atoms with van der Waals surface area (Å²) in [5.41, 5.74) is 1.47. The number of aromatic nitrogens is 2. The molecule has 118 valence electrons. The Morgan fingerprint density at radius 1 is 1.45 bits per heavy atom. The molecule has 1 aliphatic rings. The van der Waals surface area contributed by atoms with Crippen molar-refractivity contribution in [2.24, 2.45) is 0 Å². The van der Waals surface area contributed by atoms with Gasteiger partial charge in [0.25, 0.3) is 0 Å². The molecule has 1 atom stereocenters. The number of nitrogens with one attached hydrogen (secondary N) is 1. The molecule has 0 unspecified atom stereocenters. The Morgan fingerprint density at radius 2 is 2.23 bits per heavy atom. The smallest absolute Gasteiger partial charge is 0.410 e. The Balaban J connectivity index is 1.86. The van der Waals surface area contributed by atoms with Gasteiger partial charge in [-0.05, 0) is 74.4 Å². The van der Waals surface area contributed by atoms with E-state index in [0.717, 1.165) is 33.3 Å². The summed E-state index contributed by atoms with van der Waals surface area (Å²) in [4.78, 5) is 22.2. The Bertz CT molecular complexity index is 705. The molecular formula is C16H20IN3O2. The van der Waals surface area contributed by atoms with Gasteiger partial charge in [0.15, 0.2) is 0 Å². The predicted molar refractivity (Wildman–Crippen MR) is 93.7 cm³/mol. The number of carbonyl (C=O) groups excluding carboxylic acids is 1. The molecule has 1 aliphatic heterocycles. The van der Waals surface area contributed by atoms with Gasteiger partial charge in [-0.3, -0.25) is 4.90 Å². The molecule has 1 amide bonds. The number of benzene rings is 1. The van der Waals surface area contributed by atoms with E-state index in [0.29, 0.717) is 6.54 Å². The highest BCUT2D eigenvalue weighted by molar-refractivity contribution is 14.1. The summed E-state index contributed by atoms with van der Waals surface area (Å²) in [5.74, 6) is 0.848. The van der Waals surface area contributed by atoms with E-state index in [1.165, 1.54) is 0 Å². The van der Waals surface area contributed by atoms with Crippen LogP contribution < -0.4 is 0 Å². The number of rotatable bonds is 1. The zero-order chi connectivity index (χ0) is 15.9. The van der Waals surface area contributed by atoms with Crippen LogP contribution in [0.4, 0.5) is 4.79 Å². The van der Waals surface area contributed by atoms with Crippen LogP contribution in [0.3, 0.4) is 0 Å². The molecule has 22 heavy (non-hydrogen) atoms. The molecule has 0 aliphatic carbocycles. The van der Waals surface area contributed by atoms with Crippen molar-refractivity contribution in [2.45, 2.75) is 45.3 Å². The number of halogens is 1. The Kier molecular flexibility index (Phi) is 4.05. The normalized spacial score (nSPS) is 18.9. The van der Waals surface area contributed by atoms with Crippen LogP contribution in [0.25, 0.3) is 11.0 Å². The lowest BCUT2D eigenvalue weighted by Gasteiger charge is -2.27. The molecule has 2 aromatic rings. The molecular weight excluding hydrogens is 393 g/mol. The summed E-state index contributed by atoms with van der Waals surface area (Å²) in [6.07, 6.45) is 1.62. The van der Waals surface area contributed by atoms with Crippen LogP contribution >= 0.6 is 22.6 Å². The van der Waals surface area contributed by atoms with Gasteiger partial charge in [-0.1, -0.05) is 0 Å². The van der Waals surface area contributed by atoms with E-state index in [9.17, 15) is 4.79 Å². The van der Waals surface area contributed by atoms with E-state index in [1.54, 1.807) is 4.90 Å². The second-order valence-electron chi connectivity index (χ2n) is 6.62. The van der Waals surface area contributed by atoms with Crippen LogP contribution in [0.2, 0.25) is 0 Å². The second kappa shape index (κ2) is 5.72. The summed E-state index contributed by atoms with van der Waals surface area (Å²) < 4.78 is 6.67. The SMILES string of the molecule is CC(C)(C)OC(=O)N1CCC[C@H]1c1nc2ccc(I)cc2[nH]1. The fourth-order valence-electron chi connectivity index (χ4n) is 2.75. The maximum Gasteiger partial charge on any atom is 0.410 e. The van der Waals surface area contributed by atoms with Crippen molar-refractivity contribution in [1.82, 2.24) is 14.9 Å². The lowest BCUT2D eigenvalue weighted by Crippen LogP contribution is -2.36. The zero-order valence-corrected chi connectivity index (χ0v) is 15.2. The van der Waals surface area contributed by atoms with Gasteiger partial charge in [0.2, 0.25) is 0 Å². The summed E-state index contributed by atoms with van der Waals surface area (Å²) >= 11 is 2.28. The number of hydrogen-bond acceptors (Lipinski definition) is 3. The molecule has 5 nitrogen and oxygen atoms in total. The lowest BCUT2D eigenvalue weighted by atomic mass is 10.2. The number of hydrogen-bond donors (Lipinski definition) is 1. The molecule has 3 rings (SSSR count). The molecule has 0 radical (unpaired) electrons. The van der Waals surface area contributed by atoms with Crippen molar-refractivity contribution in [2.75, 3.05) is 6.54 Å². The minimum atomic E-state index is -0.478. The minimum Gasteiger partial charge on any atom is -0.444 e. The fraction of sp³-hybridized carbons (Fsp3) is 0.500. The van der Waals surface area contributed by atoms with E-state index in [1.807, 2.05) is 32.9 Å². The van der Waals surface area contributed by atoms with Gasteiger partial charge in [0.05, 0.1) is 17.1 Å². The van der Waals surface area contributed by atoms with Gasteiger partial charge in [-0.25, -0.2) is 9.78 Å². The first-order valence-corrected chi connectivity index (χ1v) is 8.56. The number of amides is 1. The van der Waals surface area contributed by atoms with Crippen LogP contribution in [0.5, 0.6) is 0 Å². The highest BCUT2D eigenvalue weighted by Gasteiger charge is 2.34. The number of H-pyrrole nitrogens is 1. The van der Waals surface area contributed by atoms with Crippen LogP contribution in [-0.2, 0) is 4.74 Å². The van der Waals surface area contributed by atoms with Crippen molar-refractivity contribution in [3.8, 4) is 0 Å². The average molecular weight is 413 g/mol. The molecule has 1 aromatic carbocycles. The number of likely N-dealkylation sites (tertiary alicyclic amines) is 1. The van der Waals surface area contributed by atoms with Gasteiger partial charge >= 0.3 is 6.09 Å². The molecule has 1 fully saturated rings. The molecule has 6 heteroatoms. The van der Waals surface area contributed by atoms with Gasteiger partial charge < -0.3 is 9.72 Å². The molecule has 0 spiro atoms. The third-order valence-corrected chi connectivity index (χ3v) is 4.33. The van der Waals surface area contributed by atoms with Crippen LogP contribution in [0.1, 0.15) is 45.5 Å². The second-order valence-corrected chi connectivity index (χ2v) is 7.86. The molecule has 2 heterocycles. The van der Waals surface area contributed by atoms with E-state index in [-0.39, 0.29) is 12.1 Å². The average Bonchev–Trinajstić information content (AvgIpc) is 3.01. The van der Waals surface area contributed by atoms with Gasteiger partial charge in [0, 0.05) is 10.1 Å². The summed E-state index contributed by atoms with van der Waals surface area (Å²) in [6.45, 7) is 6.38. The van der Waals surface area contributed by atoms with Crippen LogP contribution in [0.15, 0.2) is 18.2 Å². The summed E-state index contributed by atoms with van der Waals surface area (Å²) in [6, 6.07) is 6.08. The van der Waals surface area contributed by atoms with Crippen LogP contribution in [-0.4, -0.2) is 33.1 Å². The van der Waals surface area contributed by atoms with E-state index >= 15 is 0 Å². The van der Waals surface area contributed by atoms with Crippen molar-refractivity contribution in [3.05, 3.63) is 27.6 Å². The van der Waals surface area contributed by atoms with E-state index in [2.05, 4.69) is 38.6 Å². The molecule has 1 aromatic heterocycles. The molecule has 0 bridgehead atoms. The molecule has 1 saturated heterocycles. The molecule has 0 saturated carbocycles. The van der Waals surface area contributed by atoms with Gasteiger partial charge in [-0.15, -0.1) is 0 Å². The third kappa shape index (κ3) is 3.21. The van der Waals surface area contributed by atoms with Crippen molar-refractivity contribution in [3.63, 3.8) is 0 Å². The quantitative estimate of drug-likeness (QED) is 0.712. The number of imidazole rings is 1. The number of aromatic amines is 1. The monoisotopic (exact) mass is 413 g/mol. The number of ether oxygens (including phenoxy) is 1. The largest absolute Gasteiger partial charge is 0.444 e. The lowest BCUT2D eigenvalue weighted by molar-refractivity contribution is 0.0219. The number of fused-ring (bicyclic) bond motifs is 1. The Hall–Kier alpha value is -1.31. The van der Waals surface area contributed by atoms with Crippen molar-refractivity contribution < 1.29 is 9.53 Å².